The number of carboxylic acid groups (broad SMARTS) is 1. The number of rotatable bonds is 5. The number of carbonyl (C=O) groups is 2. The third-order valence-electron chi connectivity index (χ3n) is 3.83. The third-order valence-corrected chi connectivity index (χ3v) is 6.63. The number of carbonyl (C=O) groups excluding carboxylic acids is 1. The Labute approximate surface area is 167 Å². The second-order valence-electron chi connectivity index (χ2n) is 5.99. The lowest BCUT2D eigenvalue weighted by molar-refractivity contribution is 0.0703. The normalized spacial score (nSPS) is 10.9. The number of benzene rings is 1. The summed E-state index contributed by atoms with van der Waals surface area (Å²) in [5.74, 6) is -0.938. The Kier molecular flexibility index (Phi) is 5.60. The summed E-state index contributed by atoms with van der Waals surface area (Å²) in [6.45, 7) is 4.25. The van der Waals surface area contributed by atoms with Gasteiger partial charge in [-0.05, 0) is 51.2 Å². The second kappa shape index (κ2) is 7.73. The van der Waals surface area contributed by atoms with E-state index in [1.807, 2.05) is 24.3 Å². The van der Waals surface area contributed by atoms with E-state index in [0.29, 0.717) is 16.5 Å². The van der Waals surface area contributed by atoms with Gasteiger partial charge in [0.1, 0.15) is 4.88 Å². The number of hydrogen-bond donors (Lipinski definition) is 2. The van der Waals surface area contributed by atoms with Crippen LogP contribution in [0.1, 0.15) is 44.7 Å². The number of anilines is 1. The zero-order valence-electron chi connectivity index (χ0n) is 14.1. The van der Waals surface area contributed by atoms with Crippen molar-refractivity contribution in [3.63, 3.8) is 0 Å². The number of nitrogens with one attached hydrogen (secondary N) is 1. The highest BCUT2D eigenvalue weighted by Gasteiger charge is 2.19. The van der Waals surface area contributed by atoms with Gasteiger partial charge in [0.25, 0.3) is 5.91 Å². The first-order chi connectivity index (χ1) is 12.3. The van der Waals surface area contributed by atoms with Crippen LogP contribution in [0.15, 0.2) is 46.3 Å². The molecular weight excluding hydrogens is 434 g/mol. The molecule has 0 fully saturated rings. The molecule has 0 saturated heterocycles. The average molecular weight is 450 g/mol. The summed E-state index contributed by atoms with van der Waals surface area (Å²) < 4.78 is 0.845. The highest BCUT2D eigenvalue weighted by Crippen LogP contribution is 2.36. The Bertz CT molecular complexity index is 958. The Morgan fingerprint density at radius 1 is 1.08 bits per heavy atom. The fourth-order valence-corrected chi connectivity index (χ4v) is 4.68. The van der Waals surface area contributed by atoms with Crippen LogP contribution in [-0.4, -0.2) is 17.0 Å². The van der Waals surface area contributed by atoms with E-state index < -0.39 is 5.97 Å². The minimum absolute atomic E-state index is 0.122. The third kappa shape index (κ3) is 4.06. The van der Waals surface area contributed by atoms with Crippen molar-refractivity contribution in [2.75, 3.05) is 5.32 Å². The molecule has 2 heterocycles. The van der Waals surface area contributed by atoms with Crippen molar-refractivity contribution in [3.8, 4) is 10.4 Å². The van der Waals surface area contributed by atoms with Gasteiger partial charge in [0.15, 0.2) is 0 Å². The van der Waals surface area contributed by atoms with Crippen molar-refractivity contribution in [1.29, 1.82) is 0 Å². The van der Waals surface area contributed by atoms with Gasteiger partial charge >= 0.3 is 5.97 Å². The number of thiophene rings is 2. The van der Waals surface area contributed by atoms with E-state index in [1.54, 1.807) is 18.2 Å². The van der Waals surface area contributed by atoms with Crippen LogP contribution in [0.2, 0.25) is 0 Å². The second-order valence-corrected chi connectivity index (χ2v) is 9.51. The van der Waals surface area contributed by atoms with E-state index >= 15 is 0 Å². The zero-order valence-corrected chi connectivity index (χ0v) is 17.3. The largest absolute Gasteiger partial charge is 0.477 e. The molecule has 2 N–H and O–H groups in total. The molecule has 0 spiro atoms. The Hall–Kier alpha value is -1.96. The van der Waals surface area contributed by atoms with Crippen LogP contribution in [0.5, 0.6) is 0 Å². The Morgan fingerprint density at radius 2 is 1.77 bits per heavy atom. The lowest BCUT2D eigenvalue weighted by Gasteiger charge is -2.05. The lowest BCUT2D eigenvalue weighted by Crippen LogP contribution is -2.11. The van der Waals surface area contributed by atoms with Crippen LogP contribution < -0.4 is 5.32 Å². The minimum Gasteiger partial charge on any atom is -0.477 e. The Morgan fingerprint density at radius 3 is 2.31 bits per heavy atom. The predicted molar refractivity (Wildman–Crippen MR) is 111 cm³/mol. The average Bonchev–Trinajstić information content (AvgIpc) is 3.21. The molecule has 0 aliphatic rings. The highest BCUT2D eigenvalue weighted by atomic mass is 79.9. The van der Waals surface area contributed by atoms with Crippen LogP contribution >= 0.6 is 38.6 Å². The van der Waals surface area contributed by atoms with E-state index in [1.165, 1.54) is 16.9 Å². The minimum atomic E-state index is -1.05. The smallest absolute Gasteiger partial charge is 0.348 e. The lowest BCUT2D eigenvalue weighted by atomic mass is 10.0. The molecule has 0 aliphatic heterocycles. The first-order valence-electron chi connectivity index (χ1n) is 7.89. The SMILES string of the molecule is CC(C)c1ccc(-c2cc(NC(=O)c3ccc(Br)s3)c(C(=O)O)s2)cc1. The van der Waals surface area contributed by atoms with Gasteiger partial charge in [-0.3, -0.25) is 4.79 Å². The molecule has 0 saturated carbocycles. The van der Waals surface area contributed by atoms with E-state index in [9.17, 15) is 14.7 Å². The standard InChI is InChI=1S/C19H16BrNO3S2/c1-10(2)11-3-5-12(6-4-11)15-9-13(17(26-15)19(23)24)21-18(22)14-7-8-16(20)25-14/h3-10H,1-2H3,(H,21,22)(H,23,24). The van der Waals surface area contributed by atoms with Gasteiger partial charge in [-0.25, -0.2) is 4.79 Å². The molecule has 3 rings (SSSR count). The van der Waals surface area contributed by atoms with Crippen LogP contribution in [-0.2, 0) is 0 Å². The van der Waals surface area contributed by atoms with Crippen LogP contribution in [0, 0.1) is 0 Å². The molecule has 1 amide bonds. The van der Waals surface area contributed by atoms with Gasteiger partial charge < -0.3 is 10.4 Å². The van der Waals surface area contributed by atoms with Crippen LogP contribution in [0.3, 0.4) is 0 Å². The summed E-state index contributed by atoms with van der Waals surface area (Å²) in [5, 5.41) is 12.2. The summed E-state index contributed by atoms with van der Waals surface area (Å²) in [7, 11) is 0. The first-order valence-corrected chi connectivity index (χ1v) is 10.3. The highest BCUT2D eigenvalue weighted by molar-refractivity contribution is 9.11. The molecule has 134 valence electrons. The topological polar surface area (TPSA) is 66.4 Å². The van der Waals surface area contributed by atoms with Crippen LogP contribution in [0.25, 0.3) is 10.4 Å². The van der Waals surface area contributed by atoms with Crippen molar-refractivity contribution >= 4 is 56.2 Å². The van der Waals surface area contributed by atoms with Crippen LogP contribution in [0.4, 0.5) is 5.69 Å². The van der Waals surface area contributed by atoms with Crippen molar-refractivity contribution in [2.45, 2.75) is 19.8 Å². The van der Waals surface area contributed by atoms with E-state index in [2.05, 4.69) is 35.1 Å². The summed E-state index contributed by atoms with van der Waals surface area (Å²) in [6, 6.07) is 13.3. The summed E-state index contributed by atoms with van der Waals surface area (Å²) in [6.07, 6.45) is 0. The van der Waals surface area contributed by atoms with Gasteiger partial charge in [0.05, 0.1) is 14.4 Å². The molecule has 1 aromatic carbocycles. The van der Waals surface area contributed by atoms with Gasteiger partial charge in [0, 0.05) is 4.88 Å². The quantitative estimate of drug-likeness (QED) is 0.479. The predicted octanol–water partition coefficient (Wildman–Crippen LogP) is 6.31. The molecule has 0 unspecified atom stereocenters. The molecular formula is C19H16BrNO3S2. The van der Waals surface area contributed by atoms with E-state index in [4.69, 9.17) is 0 Å². The van der Waals surface area contributed by atoms with Crippen molar-refractivity contribution in [1.82, 2.24) is 0 Å². The van der Waals surface area contributed by atoms with Crippen molar-refractivity contribution < 1.29 is 14.7 Å². The number of hydrogen-bond acceptors (Lipinski definition) is 4. The zero-order chi connectivity index (χ0) is 18.8. The number of amides is 1. The fourth-order valence-electron chi connectivity index (χ4n) is 2.44. The summed E-state index contributed by atoms with van der Waals surface area (Å²) in [4.78, 5) is 25.4. The molecule has 2 aromatic heterocycles. The first kappa shape index (κ1) is 18.8. The van der Waals surface area contributed by atoms with Crippen molar-refractivity contribution in [3.05, 3.63) is 61.6 Å². The molecule has 3 aromatic rings. The van der Waals surface area contributed by atoms with Crippen molar-refractivity contribution in [2.24, 2.45) is 0 Å². The maximum atomic E-state index is 12.4. The molecule has 4 nitrogen and oxygen atoms in total. The maximum absolute atomic E-state index is 12.4. The molecule has 0 atom stereocenters. The number of halogens is 1. The number of carboxylic acids is 1. The Balaban J connectivity index is 1.91. The summed E-state index contributed by atoms with van der Waals surface area (Å²) >= 11 is 5.78. The fraction of sp³-hybridized carbons (Fsp3) is 0.158. The van der Waals surface area contributed by atoms with Gasteiger partial charge in [0.2, 0.25) is 0 Å². The molecule has 26 heavy (non-hydrogen) atoms. The van der Waals surface area contributed by atoms with E-state index in [-0.39, 0.29) is 10.8 Å². The van der Waals surface area contributed by atoms with Gasteiger partial charge in [-0.1, -0.05) is 38.1 Å². The molecule has 0 radical (unpaired) electrons. The monoisotopic (exact) mass is 449 g/mol. The maximum Gasteiger partial charge on any atom is 0.348 e. The molecule has 0 aliphatic carbocycles. The summed E-state index contributed by atoms with van der Waals surface area (Å²) in [5.41, 5.74) is 2.47. The molecule has 0 bridgehead atoms. The molecule has 7 heteroatoms. The van der Waals surface area contributed by atoms with E-state index in [0.717, 1.165) is 25.6 Å². The van der Waals surface area contributed by atoms with Gasteiger partial charge in [-0.2, -0.15) is 0 Å². The number of aromatic carboxylic acids is 1. The van der Waals surface area contributed by atoms with Gasteiger partial charge in [-0.15, -0.1) is 22.7 Å².